The van der Waals surface area contributed by atoms with E-state index < -0.39 is 17.8 Å². The quantitative estimate of drug-likeness (QED) is 0.133. The van der Waals surface area contributed by atoms with E-state index in [1.807, 2.05) is 0 Å². The number of benzene rings is 3. The molecule has 0 aromatic heterocycles. The Morgan fingerprint density at radius 3 is 1.83 bits per heavy atom. The molecule has 3 aromatic carbocycles. The molecule has 0 saturated heterocycles. The van der Waals surface area contributed by atoms with Crippen LogP contribution in [0.25, 0.3) is 0 Å². The predicted octanol–water partition coefficient (Wildman–Crippen LogP) is 2.84. The third kappa shape index (κ3) is 7.59. The van der Waals surface area contributed by atoms with Gasteiger partial charge < -0.3 is 38.5 Å². The fraction of sp³-hybridized carbons (Fsp3) is 0.241. The zero-order valence-electron chi connectivity index (χ0n) is 23.9. The fourth-order valence-electron chi connectivity index (χ4n) is 3.66. The van der Waals surface area contributed by atoms with Crippen molar-refractivity contribution in [3.8, 4) is 40.2 Å². The van der Waals surface area contributed by atoms with Gasteiger partial charge in [0.25, 0.3) is 11.8 Å². The second kappa shape index (κ2) is 14.8. The Morgan fingerprint density at radius 1 is 0.667 bits per heavy atom. The SMILES string of the molecule is COc1ccc(C(=O)Oc2ccc(/C=N/NC(=O)CNC(=O)c3cc(OC)c(OC)c(OC)c3)cc2OC)cc1OC. The number of ether oxygens (including phenoxy) is 7. The number of carbonyl (C=O) groups excluding carboxylic acids is 3. The summed E-state index contributed by atoms with van der Waals surface area (Å²) in [6.07, 6.45) is 1.36. The number of nitrogens with one attached hydrogen (secondary N) is 2. The van der Waals surface area contributed by atoms with Gasteiger partial charge in [-0.05, 0) is 54.1 Å². The van der Waals surface area contributed by atoms with Crippen LogP contribution in [-0.2, 0) is 4.79 Å². The minimum Gasteiger partial charge on any atom is -0.493 e. The van der Waals surface area contributed by atoms with E-state index >= 15 is 0 Å². The van der Waals surface area contributed by atoms with Crippen LogP contribution in [0.4, 0.5) is 0 Å². The lowest BCUT2D eigenvalue weighted by Crippen LogP contribution is -2.34. The average molecular weight is 582 g/mol. The van der Waals surface area contributed by atoms with Crippen molar-refractivity contribution in [2.75, 3.05) is 49.2 Å². The van der Waals surface area contributed by atoms with Crippen LogP contribution in [0.15, 0.2) is 53.6 Å². The molecule has 13 heteroatoms. The van der Waals surface area contributed by atoms with Crippen molar-refractivity contribution in [2.24, 2.45) is 5.10 Å². The maximum Gasteiger partial charge on any atom is 0.343 e. The van der Waals surface area contributed by atoms with Gasteiger partial charge in [-0.3, -0.25) is 9.59 Å². The van der Waals surface area contributed by atoms with Gasteiger partial charge >= 0.3 is 5.97 Å². The van der Waals surface area contributed by atoms with Crippen molar-refractivity contribution in [1.82, 2.24) is 10.7 Å². The van der Waals surface area contributed by atoms with E-state index in [-0.39, 0.29) is 29.2 Å². The normalized spacial score (nSPS) is 10.4. The third-order valence-corrected chi connectivity index (χ3v) is 5.75. The lowest BCUT2D eigenvalue weighted by atomic mass is 10.1. The molecule has 13 nitrogen and oxygen atoms in total. The van der Waals surface area contributed by atoms with Gasteiger partial charge in [0, 0.05) is 5.56 Å². The van der Waals surface area contributed by atoms with Crippen molar-refractivity contribution in [3.05, 3.63) is 65.2 Å². The Balaban J connectivity index is 1.59. The van der Waals surface area contributed by atoms with Gasteiger partial charge in [-0.2, -0.15) is 5.10 Å². The maximum atomic E-state index is 12.7. The average Bonchev–Trinajstić information content (AvgIpc) is 3.02. The van der Waals surface area contributed by atoms with Gasteiger partial charge in [0.15, 0.2) is 34.5 Å². The van der Waals surface area contributed by atoms with Gasteiger partial charge in [0.1, 0.15) is 0 Å². The number of methoxy groups -OCH3 is 6. The number of hydrogen-bond donors (Lipinski definition) is 2. The molecule has 0 fully saturated rings. The third-order valence-electron chi connectivity index (χ3n) is 5.75. The van der Waals surface area contributed by atoms with Crippen LogP contribution < -0.4 is 43.9 Å². The van der Waals surface area contributed by atoms with Crippen molar-refractivity contribution < 1.29 is 47.5 Å². The highest BCUT2D eigenvalue weighted by molar-refractivity contribution is 5.98. The highest BCUT2D eigenvalue weighted by Crippen LogP contribution is 2.38. The zero-order valence-corrected chi connectivity index (χ0v) is 23.9. The number of rotatable bonds is 13. The molecule has 0 saturated carbocycles. The molecular weight excluding hydrogens is 550 g/mol. The number of carbonyl (C=O) groups is 3. The van der Waals surface area contributed by atoms with Gasteiger partial charge in [-0.1, -0.05) is 0 Å². The maximum absolute atomic E-state index is 12.7. The first-order valence-electron chi connectivity index (χ1n) is 12.3. The molecule has 222 valence electrons. The molecule has 42 heavy (non-hydrogen) atoms. The summed E-state index contributed by atoms with van der Waals surface area (Å²) in [6.45, 7) is -0.346. The van der Waals surface area contributed by atoms with E-state index in [0.29, 0.717) is 34.3 Å². The first-order valence-corrected chi connectivity index (χ1v) is 12.3. The van der Waals surface area contributed by atoms with Crippen LogP contribution in [0.1, 0.15) is 26.3 Å². The molecule has 3 aromatic rings. The fourth-order valence-corrected chi connectivity index (χ4v) is 3.66. The Bertz CT molecular complexity index is 1450. The van der Waals surface area contributed by atoms with Crippen molar-refractivity contribution in [3.63, 3.8) is 0 Å². The Morgan fingerprint density at radius 2 is 1.24 bits per heavy atom. The molecular formula is C29H31N3O10. The number of esters is 1. The molecule has 0 atom stereocenters. The van der Waals surface area contributed by atoms with E-state index in [2.05, 4.69) is 15.8 Å². The monoisotopic (exact) mass is 581 g/mol. The summed E-state index contributed by atoms with van der Waals surface area (Å²) < 4.78 is 37.0. The topological polar surface area (TPSA) is 152 Å². The standard InChI is InChI=1S/C29H31N3O10/c1-36-20-10-8-18(12-23(20)38-3)29(35)42-21-9-7-17(11-22(21)37-2)15-31-32-26(33)16-30-28(34)19-13-24(39-4)27(41-6)25(14-19)40-5/h7-15H,16H2,1-6H3,(H,30,34)(H,32,33)/b31-15+. The van der Waals surface area contributed by atoms with Crippen molar-refractivity contribution in [1.29, 1.82) is 0 Å². The van der Waals surface area contributed by atoms with Crippen LogP contribution >= 0.6 is 0 Å². The Labute approximate surface area is 242 Å². The molecule has 0 heterocycles. The summed E-state index contributed by atoms with van der Waals surface area (Å²) in [5.41, 5.74) is 3.33. The lowest BCUT2D eigenvalue weighted by Gasteiger charge is -2.14. The summed E-state index contributed by atoms with van der Waals surface area (Å²) in [6, 6.07) is 12.3. The highest BCUT2D eigenvalue weighted by Gasteiger charge is 2.18. The summed E-state index contributed by atoms with van der Waals surface area (Å²) in [5.74, 6) is 0.499. The molecule has 0 aliphatic heterocycles. The van der Waals surface area contributed by atoms with Gasteiger partial charge in [-0.15, -0.1) is 0 Å². The summed E-state index contributed by atoms with van der Waals surface area (Å²) in [7, 11) is 8.69. The minimum absolute atomic E-state index is 0.174. The molecule has 0 radical (unpaired) electrons. The number of hydrogen-bond acceptors (Lipinski definition) is 11. The summed E-state index contributed by atoms with van der Waals surface area (Å²) in [4.78, 5) is 37.5. The molecule has 0 bridgehead atoms. The van der Waals surface area contributed by atoms with Crippen LogP contribution in [-0.4, -0.2) is 73.2 Å². The van der Waals surface area contributed by atoms with Crippen LogP contribution in [0, 0.1) is 0 Å². The first kappa shape index (κ1) is 31.1. The number of amides is 2. The van der Waals surface area contributed by atoms with E-state index in [1.165, 1.54) is 73.1 Å². The van der Waals surface area contributed by atoms with Crippen molar-refractivity contribution in [2.45, 2.75) is 0 Å². The molecule has 0 spiro atoms. The molecule has 0 aliphatic rings. The van der Waals surface area contributed by atoms with E-state index in [4.69, 9.17) is 33.2 Å². The van der Waals surface area contributed by atoms with Crippen LogP contribution in [0.5, 0.6) is 40.2 Å². The largest absolute Gasteiger partial charge is 0.493 e. The van der Waals surface area contributed by atoms with Crippen LogP contribution in [0.2, 0.25) is 0 Å². The Kier molecular flexibility index (Phi) is 10.9. The first-order chi connectivity index (χ1) is 20.3. The second-order valence-corrected chi connectivity index (χ2v) is 8.26. The molecule has 3 rings (SSSR count). The second-order valence-electron chi connectivity index (χ2n) is 8.26. The summed E-state index contributed by atoms with van der Waals surface area (Å²) >= 11 is 0. The van der Waals surface area contributed by atoms with Crippen molar-refractivity contribution >= 4 is 24.0 Å². The summed E-state index contributed by atoms with van der Waals surface area (Å²) in [5, 5.41) is 6.40. The minimum atomic E-state index is -0.628. The van der Waals surface area contributed by atoms with Gasteiger partial charge in [0.05, 0.1) is 61.0 Å². The highest BCUT2D eigenvalue weighted by atomic mass is 16.6. The number of nitrogens with zero attached hydrogens (tertiary/aromatic N) is 1. The van der Waals surface area contributed by atoms with E-state index in [1.54, 1.807) is 24.3 Å². The zero-order chi connectivity index (χ0) is 30.6. The smallest absolute Gasteiger partial charge is 0.343 e. The van der Waals surface area contributed by atoms with Gasteiger partial charge in [0.2, 0.25) is 5.75 Å². The Hall–Kier alpha value is -5.46. The predicted molar refractivity (Wildman–Crippen MR) is 152 cm³/mol. The van der Waals surface area contributed by atoms with Crippen LogP contribution in [0.3, 0.4) is 0 Å². The van der Waals surface area contributed by atoms with E-state index in [0.717, 1.165) is 0 Å². The number of hydrazone groups is 1. The molecule has 0 unspecified atom stereocenters. The molecule has 0 aliphatic carbocycles. The van der Waals surface area contributed by atoms with Gasteiger partial charge in [-0.25, -0.2) is 10.2 Å². The molecule has 2 amide bonds. The van der Waals surface area contributed by atoms with E-state index in [9.17, 15) is 14.4 Å². The molecule has 2 N–H and O–H groups in total. The lowest BCUT2D eigenvalue weighted by molar-refractivity contribution is -0.120.